The van der Waals surface area contributed by atoms with Crippen LogP contribution in [-0.2, 0) is 10.8 Å². The number of ether oxygens (including phenoxy) is 3. The Balaban J connectivity index is 1.31. The van der Waals surface area contributed by atoms with Crippen LogP contribution in [0.5, 0.6) is 11.5 Å². The Morgan fingerprint density at radius 3 is 1.98 bits per heavy atom. The average Bonchev–Trinajstić information content (AvgIpc) is 3.02. The van der Waals surface area contributed by atoms with Crippen LogP contribution >= 0.6 is 0 Å². The smallest absolute Gasteiger partial charge is 0.432 e. The Bertz CT molecular complexity index is 1720. The van der Waals surface area contributed by atoms with Crippen LogP contribution < -0.4 is 9.47 Å². The number of hydrogen-bond acceptors (Lipinski definition) is 3. The van der Waals surface area contributed by atoms with Crippen molar-refractivity contribution in [1.82, 2.24) is 0 Å². The second-order valence-electron chi connectivity index (χ2n) is 11.3. The van der Waals surface area contributed by atoms with Crippen LogP contribution in [0, 0.1) is 35.0 Å². The second-order valence-corrected chi connectivity index (χ2v) is 11.3. The van der Waals surface area contributed by atoms with E-state index in [0.717, 1.165) is 37.3 Å². The van der Waals surface area contributed by atoms with Crippen molar-refractivity contribution in [1.29, 1.82) is 0 Å². The zero-order chi connectivity index (χ0) is 34.6. The molecule has 0 spiro atoms. The Morgan fingerprint density at radius 2 is 1.42 bits per heavy atom. The van der Waals surface area contributed by atoms with Crippen molar-refractivity contribution in [3.63, 3.8) is 0 Å². The summed E-state index contributed by atoms with van der Waals surface area (Å²) in [4.78, 5) is 0. The molecule has 4 aromatic rings. The van der Waals surface area contributed by atoms with Crippen LogP contribution in [0.15, 0.2) is 79.1 Å². The molecule has 0 aromatic heterocycles. The van der Waals surface area contributed by atoms with Gasteiger partial charge < -0.3 is 14.2 Å². The lowest BCUT2D eigenvalue weighted by atomic mass is 9.91. The molecule has 254 valence electrons. The first kappa shape index (κ1) is 34.9. The van der Waals surface area contributed by atoms with Gasteiger partial charge in [0.1, 0.15) is 28.8 Å². The number of allylic oxidation sites excluding steroid dienone is 1. The SMILES string of the molecule is CCCC1CCC(c2ccc(-c3ccc(-c4cc(F)c(C(F)(F)Oc5cc(F)c(O/C=C/C(F)F)c(F)c5)c(F)c4)c(F)c3)cc2)OC1. The number of hydrogen-bond donors (Lipinski definition) is 0. The fourth-order valence-electron chi connectivity index (χ4n) is 5.60. The molecule has 1 aliphatic heterocycles. The molecule has 0 radical (unpaired) electrons. The fraction of sp³-hybridized carbons (Fsp3) is 0.278. The van der Waals surface area contributed by atoms with E-state index in [1.165, 1.54) is 12.1 Å². The summed E-state index contributed by atoms with van der Waals surface area (Å²) in [5, 5.41) is 0. The molecule has 4 aromatic carbocycles. The van der Waals surface area contributed by atoms with Crippen LogP contribution in [0.25, 0.3) is 22.3 Å². The topological polar surface area (TPSA) is 27.7 Å². The highest BCUT2D eigenvalue weighted by molar-refractivity contribution is 5.71. The minimum Gasteiger partial charge on any atom is -0.459 e. The van der Waals surface area contributed by atoms with Crippen LogP contribution in [-0.4, -0.2) is 13.0 Å². The maximum absolute atomic E-state index is 15.2. The Kier molecular flexibility index (Phi) is 10.7. The lowest BCUT2D eigenvalue weighted by Gasteiger charge is -2.29. The van der Waals surface area contributed by atoms with Crippen LogP contribution in [0.2, 0.25) is 0 Å². The number of alkyl halides is 4. The number of halogens is 9. The van der Waals surface area contributed by atoms with Gasteiger partial charge in [-0.3, -0.25) is 0 Å². The number of benzene rings is 4. The number of rotatable bonds is 11. The minimum atomic E-state index is -4.79. The highest BCUT2D eigenvalue weighted by Gasteiger charge is 2.41. The van der Waals surface area contributed by atoms with Crippen LogP contribution in [0.4, 0.5) is 39.5 Å². The summed E-state index contributed by atoms with van der Waals surface area (Å²) in [6.07, 6.45) is -3.13. The predicted octanol–water partition coefficient (Wildman–Crippen LogP) is 11.3. The molecule has 0 aliphatic carbocycles. The van der Waals surface area contributed by atoms with Crippen molar-refractivity contribution in [3.8, 4) is 33.8 Å². The standard InChI is InChI=1S/C36H29F9O3/c1-2-3-20-4-11-32(47-19-20)22-7-5-21(6-8-22)23-9-10-26(27(37)14-23)24-15-28(38)34(29(39)16-24)36(44,45)48-25-17-30(40)35(31(41)18-25)46-13-12-33(42)43/h5-10,12-18,20,32-33H,2-4,11,19H2,1H3/b13-12+. The van der Waals surface area contributed by atoms with Gasteiger partial charge in [-0.1, -0.05) is 49.7 Å². The van der Waals surface area contributed by atoms with Crippen molar-refractivity contribution < 1.29 is 53.7 Å². The summed E-state index contributed by atoms with van der Waals surface area (Å²) < 4.78 is 143. The van der Waals surface area contributed by atoms with Gasteiger partial charge in [0, 0.05) is 23.8 Å². The third-order valence-electron chi connectivity index (χ3n) is 7.92. The third-order valence-corrected chi connectivity index (χ3v) is 7.92. The molecule has 0 N–H and O–H groups in total. The van der Waals surface area contributed by atoms with Crippen molar-refractivity contribution in [3.05, 3.63) is 119 Å². The Labute approximate surface area is 270 Å². The highest BCUT2D eigenvalue weighted by atomic mass is 19.3. The summed E-state index contributed by atoms with van der Waals surface area (Å²) in [7, 11) is 0. The molecule has 2 unspecified atom stereocenters. The Morgan fingerprint density at radius 1 is 0.792 bits per heavy atom. The van der Waals surface area contributed by atoms with Gasteiger partial charge in [-0.25, -0.2) is 30.7 Å². The largest absolute Gasteiger partial charge is 0.459 e. The van der Waals surface area contributed by atoms with Crippen molar-refractivity contribution in [2.24, 2.45) is 5.92 Å². The maximum atomic E-state index is 15.2. The van der Waals surface area contributed by atoms with Crippen molar-refractivity contribution in [2.45, 2.75) is 51.2 Å². The normalized spacial score (nSPS) is 16.9. The maximum Gasteiger partial charge on any atom is 0.432 e. The molecule has 3 nitrogen and oxygen atoms in total. The van der Waals surface area contributed by atoms with Gasteiger partial charge in [-0.15, -0.1) is 0 Å². The molecular formula is C36H29F9O3. The first-order valence-corrected chi connectivity index (χ1v) is 15.0. The molecule has 0 amide bonds. The van der Waals surface area contributed by atoms with Crippen molar-refractivity contribution in [2.75, 3.05) is 6.61 Å². The van der Waals surface area contributed by atoms with E-state index in [-0.39, 0.29) is 36.1 Å². The molecule has 0 bridgehead atoms. The zero-order valence-corrected chi connectivity index (χ0v) is 25.4. The first-order chi connectivity index (χ1) is 22.9. The summed E-state index contributed by atoms with van der Waals surface area (Å²) in [6, 6.07) is 12.7. The van der Waals surface area contributed by atoms with E-state index < -0.39 is 64.2 Å². The lowest BCUT2D eigenvalue weighted by molar-refractivity contribution is -0.189. The molecule has 1 aliphatic rings. The molecule has 1 heterocycles. The average molecular weight is 681 g/mol. The van der Waals surface area contributed by atoms with E-state index in [9.17, 15) is 35.1 Å². The molecule has 48 heavy (non-hydrogen) atoms. The second kappa shape index (κ2) is 14.8. The van der Waals surface area contributed by atoms with E-state index in [2.05, 4.69) is 16.4 Å². The van der Waals surface area contributed by atoms with Gasteiger partial charge in [-0.2, -0.15) is 8.78 Å². The summed E-state index contributed by atoms with van der Waals surface area (Å²) in [5.41, 5.74) is -0.428. The third kappa shape index (κ3) is 7.98. The van der Waals surface area contributed by atoms with E-state index >= 15 is 4.39 Å². The first-order valence-electron chi connectivity index (χ1n) is 15.0. The summed E-state index contributed by atoms with van der Waals surface area (Å²) >= 11 is 0. The van der Waals surface area contributed by atoms with E-state index in [4.69, 9.17) is 4.74 Å². The Hall–Kier alpha value is -4.45. The van der Waals surface area contributed by atoms with Gasteiger partial charge in [-0.05, 0) is 65.6 Å². The van der Waals surface area contributed by atoms with Crippen LogP contribution in [0.1, 0.15) is 49.8 Å². The zero-order valence-electron chi connectivity index (χ0n) is 25.4. The predicted molar refractivity (Wildman–Crippen MR) is 160 cm³/mol. The van der Waals surface area contributed by atoms with Crippen LogP contribution in [0.3, 0.4) is 0 Å². The van der Waals surface area contributed by atoms with Gasteiger partial charge in [0.2, 0.25) is 0 Å². The molecule has 5 rings (SSSR count). The minimum absolute atomic E-state index is 0.0242. The molecule has 1 saturated heterocycles. The van der Waals surface area contributed by atoms with E-state index in [0.29, 0.717) is 35.8 Å². The van der Waals surface area contributed by atoms with E-state index in [1.807, 2.05) is 24.3 Å². The van der Waals surface area contributed by atoms with Crippen molar-refractivity contribution >= 4 is 0 Å². The molecule has 12 heteroatoms. The molecule has 1 fully saturated rings. The molecular weight excluding hydrogens is 651 g/mol. The fourth-order valence-corrected chi connectivity index (χ4v) is 5.60. The summed E-state index contributed by atoms with van der Waals surface area (Å²) in [5.74, 6) is -9.59. The quantitative estimate of drug-likeness (QED) is 0.117. The van der Waals surface area contributed by atoms with E-state index in [1.54, 1.807) is 0 Å². The summed E-state index contributed by atoms with van der Waals surface area (Å²) in [6.45, 7) is 2.85. The lowest BCUT2D eigenvalue weighted by Crippen LogP contribution is -2.25. The molecule has 0 saturated carbocycles. The van der Waals surface area contributed by atoms with Gasteiger partial charge in [0.05, 0.1) is 19.0 Å². The van der Waals surface area contributed by atoms with Gasteiger partial charge >= 0.3 is 6.11 Å². The monoisotopic (exact) mass is 680 g/mol. The highest BCUT2D eigenvalue weighted by Crippen LogP contribution is 2.40. The van der Waals surface area contributed by atoms with Gasteiger partial charge in [0.15, 0.2) is 17.4 Å². The van der Waals surface area contributed by atoms with Gasteiger partial charge in [0.25, 0.3) is 6.43 Å². The molecule has 2 atom stereocenters.